The summed E-state index contributed by atoms with van der Waals surface area (Å²) in [7, 11) is 1.79. The number of ether oxygens (including phenoxy) is 1. The predicted octanol–water partition coefficient (Wildman–Crippen LogP) is 1.52. The normalized spacial score (nSPS) is 16.1. The number of hydrogen-bond donors (Lipinski definition) is 3. The smallest absolute Gasteiger partial charge is 0.251 e. The second-order valence-electron chi connectivity index (χ2n) is 7.85. The number of primary amides is 1. The van der Waals surface area contributed by atoms with Crippen LogP contribution in [-0.4, -0.2) is 56.0 Å². The van der Waals surface area contributed by atoms with E-state index in [1.165, 1.54) is 5.56 Å². The number of carbonyl (C=O) groups excluding carboxylic acids is 2. The number of amides is 2. The largest absolute Gasteiger partial charge is 0.376 e. The van der Waals surface area contributed by atoms with Crippen molar-refractivity contribution in [3.8, 4) is 0 Å². The van der Waals surface area contributed by atoms with Gasteiger partial charge in [0.05, 0.1) is 19.8 Å². The molecule has 0 radical (unpaired) electrons. The van der Waals surface area contributed by atoms with Crippen molar-refractivity contribution in [2.75, 3.05) is 33.3 Å². The molecule has 1 atom stereocenters. The molecule has 1 aliphatic rings. The van der Waals surface area contributed by atoms with Crippen molar-refractivity contribution in [2.45, 2.75) is 19.6 Å². The van der Waals surface area contributed by atoms with E-state index in [1.54, 1.807) is 19.2 Å². The van der Waals surface area contributed by atoms with Gasteiger partial charge in [-0.15, -0.1) is 0 Å². The van der Waals surface area contributed by atoms with Gasteiger partial charge in [-0.25, -0.2) is 0 Å². The molecule has 1 heterocycles. The molecule has 0 spiro atoms. The van der Waals surface area contributed by atoms with Crippen LogP contribution in [0.15, 0.2) is 59.6 Å². The number of benzene rings is 2. The van der Waals surface area contributed by atoms with Crippen LogP contribution < -0.4 is 16.4 Å². The van der Waals surface area contributed by atoms with Gasteiger partial charge in [0.2, 0.25) is 5.91 Å². The van der Waals surface area contributed by atoms with E-state index in [2.05, 4.69) is 32.7 Å². The number of hydrogen-bond acceptors (Lipinski definition) is 4. The van der Waals surface area contributed by atoms with Gasteiger partial charge in [-0.2, -0.15) is 0 Å². The second kappa shape index (κ2) is 11.9. The number of nitrogens with two attached hydrogens (primary N) is 1. The highest BCUT2D eigenvalue weighted by Gasteiger charge is 2.25. The third-order valence-electron chi connectivity index (χ3n) is 5.35. The van der Waals surface area contributed by atoms with Gasteiger partial charge in [0, 0.05) is 38.2 Å². The van der Waals surface area contributed by atoms with Crippen LogP contribution in [0.4, 0.5) is 0 Å². The Labute approximate surface area is 188 Å². The lowest BCUT2D eigenvalue weighted by molar-refractivity contribution is -0.117. The van der Waals surface area contributed by atoms with Crippen molar-refractivity contribution in [3.05, 3.63) is 71.3 Å². The van der Waals surface area contributed by atoms with E-state index in [0.29, 0.717) is 24.6 Å². The summed E-state index contributed by atoms with van der Waals surface area (Å²) >= 11 is 0. The zero-order chi connectivity index (χ0) is 22.8. The van der Waals surface area contributed by atoms with Crippen LogP contribution in [0.3, 0.4) is 0 Å². The van der Waals surface area contributed by atoms with Crippen molar-refractivity contribution in [2.24, 2.45) is 16.6 Å². The average Bonchev–Trinajstić information content (AvgIpc) is 3.27. The van der Waals surface area contributed by atoms with Crippen LogP contribution in [-0.2, 0) is 22.7 Å². The molecule has 2 amide bonds. The minimum atomic E-state index is -0.572. The molecule has 2 aromatic carbocycles. The van der Waals surface area contributed by atoms with E-state index in [9.17, 15) is 9.59 Å². The summed E-state index contributed by atoms with van der Waals surface area (Å²) in [6.45, 7) is 3.65. The Morgan fingerprint density at radius 2 is 1.84 bits per heavy atom. The van der Waals surface area contributed by atoms with Gasteiger partial charge in [0.25, 0.3) is 5.91 Å². The Morgan fingerprint density at radius 3 is 2.53 bits per heavy atom. The lowest BCUT2D eigenvalue weighted by Gasteiger charge is -2.22. The minimum Gasteiger partial charge on any atom is -0.376 e. The van der Waals surface area contributed by atoms with Crippen LogP contribution in [0.25, 0.3) is 0 Å². The Bertz CT molecular complexity index is 915. The first-order chi connectivity index (χ1) is 15.5. The third-order valence-corrected chi connectivity index (χ3v) is 5.35. The molecule has 1 unspecified atom stereocenters. The first-order valence-corrected chi connectivity index (χ1v) is 10.8. The van der Waals surface area contributed by atoms with Gasteiger partial charge < -0.3 is 26.0 Å². The molecule has 32 heavy (non-hydrogen) atoms. The molecule has 0 aliphatic carbocycles. The number of aliphatic imine (C=N–C) groups is 1. The van der Waals surface area contributed by atoms with Gasteiger partial charge in [-0.1, -0.05) is 42.5 Å². The summed E-state index contributed by atoms with van der Waals surface area (Å²) in [5, 5.41) is 5.87. The number of rotatable bonds is 9. The van der Waals surface area contributed by atoms with Gasteiger partial charge in [-0.05, 0) is 29.7 Å². The van der Waals surface area contributed by atoms with E-state index in [0.717, 1.165) is 37.6 Å². The van der Waals surface area contributed by atoms with Crippen LogP contribution in [0.2, 0.25) is 0 Å². The molecule has 1 aliphatic heterocycles. The highest BCUT2D eigenvalue weighted by molar-refractivity contribution is 5.96. The Kier molecular flexibility index (Phi) is 8.62. The fourth-order valence-electron chi connectivity index (χ4n) is 3.64. The SMILES string of the molecule is CN=C(NCc1ccc(C(=O)NCC(N)=O)cc1)N1CCC(COCc2ccccc2)C1. The van der Waals surface area contributed by atoms with E-state index in [4.69, 9.17) is 10.5 Å². The molecule has 1 saturated heterocycles. The van der Waals surface area contributed by atoms with Crippen molar-refractivity contribution in [1.29, 1.82) is 0 Å². The van der Waals surface area contributed by atoms with Crippen molar-refractivity contribution < 1.29 is 14.3 Å². The molecular weight excluding hydrogens is 406 g/mol. The highest BCUT2D eigenvalue weighted by Crippen LogP contribution is 2.17. The molecule has 2 aromatic rings. The Morgan fingerprint density at radius 1 is 1.09 bits per heavy atom. The summed E-state index contributed by atoms with van der Waals surface area (Å²) in [6, 6.07) is 17.4. The molecule has 4 N–H and O–H groups in total. The number of nitrogens with zero attached hydrogens (tertiary/aromatic N) is 2. The maximum absolute atomic E-state index is 12.0. The zero-order valence-electron chi connectivity index (χ0n) is 18.4. The van der Waals surface area contributed by atoms with Crippen molar-refractivity contribution in [1.82, 2.24) is 15.5 Å². The summed E-state index contributed by atoms with van der Waals surface area (Å²) in [5.41, 5.74) is 7.75. The molecule has 3 rings (SSSR count). The molecular formula is C24H31N5O3. The van der Waals surface area contributed by atoms with Crippen LogP contribution in [0.5, 0.6) is 0 Å². The fourth-order valence-corrected chi connectivity index (χ4v) is 3.64. The molecule has 0 saturated carbocycles. The molecule has 0 aromatic heterocycles. The second-order valence-corrected chi connectivity index (χ2v) is 7.85. The quantitative estimate of drug-likeness (QED) is 0.407. The van der Waals surface area contributed by atoms with Gasteiger partial charge >= 0.3 is 0 Å². The predicted molar refractivity (Wildman–Crippen MR) is 124 cm³/mol. The zero-order valence-corrected chi connectivity index (χ0v) is 18.4. The average molecular weight is 438 g/mol. The standard InChI is InChI=1S/C24H31N5O3/c1-26-24(28-13-18-7-9-21(10-8-18)23(31)27-14-22(25)30)29-12-11-20(15-29)17-32-16-19-5-3-2-4-6-19/h2-10,20H,11-17H2,1H3,(H2,25,30)(H,26,28)(H,27,31). The van der Waals surface area contributed by atoms with Gasteiger partial charge in [0.15, 0.2) is 5.96 Å². The number of guanidine groups is 1. The molecule has 0 bridgehead atoms. The van der Waals surface area contributed by atoms with Crippen LogP contribution in [0, 0.1) is 5.92 Å². The summed E-state index contributed by atoms with van der Waals surface area (Å²) in [6.07, 6.45) is 1.07. The molecule has 170 valence electrons. The lowest BCUT2D eigenvalue weighted by Crippen LogP contribution is -2.39. The Hall–Kier alpha value is -3.39. The summed E-state index contributed by atoms with van der Waals surface area (Å²) in [5.74, 6) is 0.448. The first-order valence-electron chi connectivity index (χ1n) is 10.8. The minimum absolute atomic E-state index is 0.174. The number of nitrogens with one attached hydrogen (secondary N) is 2. The number of likely N-dealkylation sites (tertiary alicyclic amines) is 1. The summed E-state index contributed by atoms with van der Waals surface area (Å²) < 4.78 is 5.91. The van der Waals surface area contributed by atoms with E-state index < -0.39 is 5.91 Å². The first kappa shape index (κ1) is 23.3. The van der Waals surface area contributed by atoms with Crippen molar-refractivity contribution >= 4 is 17.8 Å². The van der Waals surface area contributed by atoms with Gasteiger partial charge in [0.1, 0.15) is 0 Å². The lowest BCUT2D eigenvalue weighted by atomic mass is 10.1. The highest BCUT2D eigenvalue weighted by atomic mass is 16.5. The topological polar surface area (TPSA) is 109 Å². The van der Waals surface area contributed by atoms with Crippen LogP contribution >= 0.6 is 0 Å². The third kappa shape index (κ3) is 7.09. The van der Waals surface area contributed by atoms with Gasteiger partial charge in [-0.3, -0.25) is 14.6 Å². The van der Waals surface area contributed by atoms with E-state index in [-0.39, 0.29) is 12.5 Å². The molecule has 8 heteroatoms. The van der Waals surface area contributed by atoms with E-state index in [1.807, 2.05) is 30.3 Å². The maximum Gasteiger partial charge on any atom is 0.251 e. The van der Waals surface area contributed by atoms with Crippen LogP contribution in [0.1, 0.15) is 27.9 Å². The maximum atomic E-state index is 12.0. The number of carbonyl (C=O) groups is 2. The molecule has 1 fully saturated rings. The fraction of sp³-hybridized carbons (Fsp3) is 0.375. The van der Waals surface area contributed by atoms with Crippen molar-refractivity contribution in [3.63, 3.8) is 0 Å². The summed E-state index contributed by atoms with van der Waals surface area (Å²) in [4.78, 5) is 29.4. The van der Waals surface area contributed by atoms with E-state index >= 15 is 0 Å². The molecule has 8 nitrogen and oxygen atoms in total. The Balaban J connectivity index is 1.41. The monoisotopic (exact) mass is 437 g/mol.